The molecule has 7 aromatic rings. The molecule has 0 amide bonds. The van der Waals surface area contributed by atoms with Gasteiger partial charge in [-0.3, -0.25) is 0 Å². The number of fused-ring (bicyclic) bond motifs is 7. The largest absolute Gasteiger partial charge is 0.355 e. The van der Waals surface area contributed by atoms with E-state index in [1.807, 2.05) is 17.4 Å². The average molecular weight is 441 g/mol. The summed E-state index contributed by atoms with van der Waals surface area (Å²) >= 11 is 1.87. The van der Waals surface area contributed by atoms with Gasteiger partial charge < -0.3 is 9.88 Å². The van der Waals surface area contributed by atoms with Crippen molar-refractivity contribution < 1.29 is 0 Å². The maximum atomic E-state index is 3.57. The number of hydrogen-bond acceptors (Lipinski definition) is 2. The van der Waals surface area contributed by atoms with E-state index in [0.717, 1.165) is 11.4 Å². The Morgan fingerprint density at radius 2 is 1.27 bits per heavy atom. The zero-order valence-corrected chi connectivity index (χ0v) is 18.6. The highest BCUT2D eigenvalue weighted by molar-refractivity contribution is 7.26. The van der Waals surface area contributed by atoms with Crippen molar-refractivity contribution in [1.29, 1.82) is 0 Å². The zero-order valence-electron chi connectivity index (χ0n) is 17.8. The van der Waals surface area contributed by atoms with Crippen LogP contribution in [0.5, 0.6) is 0 Å². The van der Waals surface area contributed by atoms with Crippen LogP contribution in [0.1, 0.15) is 0 Å². The van der Waals surface area contributed by atoms with Gasteiger partial charge in [-0.05, 0) is 48.5 Å². The second-order valence-corrected chi connectivity index (χ2v) is 9.41. The first-order valence-corrected chi connectivity index (χ1v) is 11.9. The molecule has 2 heterocycles. The Morgan fingerprint density at radius 1 is 0.545 bits per heavy atom. The second kappa shape index (κ2) is 7.22. The molecule has 0 aliphatic rings. The fourth-order valence-corrected chi connectivity index (χ4v) is 6.03. The van der Waals surface area contributed by atoms with E-state index in [2.05, 4.69) is 119 Å². The molecular weight excluding hydrogens is 420 g/mol. The molecule has 0 atom stereocenters. The number of aromatic nitrogens is 1. The van der Waals surface area contributed by atoms with Crippen LogP contribution in [0.25, 0.3) is 47.7 Å². The number of benzene rings is 5. The summed E-state index contributed by atoms with van der Waals surface area (Å²) in [5.74, 6) is 0. The van der Waals surface area contributed by atoms with Crippen molar-refractivity contribution in [2.45, 2.75) is 0 Å². The molecule has 0 aliphatic heterocycles. The Balaban J connectivity index is 1.61. The molecule has 0 bridgehead atoms. The van der Waals surface area contributed by atoms with Crippen LogP contribution in [-0.2, 0) is 0 Å². The lowest BCUT2D eigenvalue weighted by molar-refractivity contribution is 1.19. The minimum absolute atomic E-state index is 1.08. The smallest absolute Gasteiger partial charge is 0.0634 e. The Bertz CT molecular complexity index is 1780. The minimum Gasteiger partial charge on any atom is -0.355 e. The van der Waals surface area contributed by atoms with Crippen LogP contribution in [0, 0.1) is 0 Å². The molecule has 0 fully saturated rings. The summed E-state index contributed by atoms with van der Waals surface area (Å²) in [6.07, 6.45) is 0. The van der Waals surface area contributed by atoms with Gasteiger partial charge >= 0.3 is 0 Å². The molecule has 2 aromatic heterocycles. The Hall–Kier alpha value is -4.08. The summed E-state index contributed by atoms with van der Waals surface area (Å²) in [6, 6.07) is 41.1. The second-order valence-electron chi connectivity index (χ2n) is 8.33. The number of rotatable bonds is 3. The van der Waals surface area contributed by atoms with Crippen LogP contribution >= 0.6 is 11.3 Å². The summed E-state index contributed by atoms with van der Waals surface area (Å²) in [6.45, 7) is 0. The molecule has 33 heavy (non-hydrogen) atoms. The van der Waals surface area contributed by atoms with Crippen molar-refractivity contribution in [3.8, 4) is 5.69 Å². The highest BCUT2D eigenvalue weighted by Crippen LogP contribution is 2.43. The monoisotopic (exact) mass is 440 g/mol. The number of hydrogen-bond donors (Lipinski definition) is 1. The molecule has 0 spiro atoms. The van der Waals surface area contributed by atoms with E-state index in [1.54, 1.807) is 0 Å². The molecule has 5 aromatic carbocycles. The number of nitrogens with zero attached hydrogens (tertiary/aromatic N) is 1. The molecule has 3 heteroatoms. The predicted molar refractivity (Wildman–Crippen MR) is 143 cm³/mol. The quantitative estimate of drug-likeness (QED) is 0.290. The van der Waals surface area contributed by atoms with E-state index in [1.165, 1.54) is 47.7 Å². The highest BCUT2D eigenvalue weighted by Gasteiger charge is 2.18. The van der Waals surface area contributed by atoms with Gasteiger partial charge in [-0.15, -0.1) is 11.3 Å². The van der Waals surface area contributed by atoms with Gasteiger partial charge in [0, 0.05) is 48.0 Å². The van der Waals surface area contributed by atoms with Gasteiger partial charge in [0.25, 0.3) is 0 Å². The van der Waals surface area contributed by atoms with Crippen molar-refractivity contribution >= 4 is 64.7 Å². The van der Waals surface area contributed by atoms with Gasteiger partial charge in [0.05, 0.1) is 11.0 Å². The first-order valence-electron chi connectivity index (χ1n) is 11.1. The standard InChI is InChI=1S/C30H20N2S/c1-3-9-20(10-4-1)31-21-15-16-23-24-17-18-28-29(25-13-7-8-14-27(25)33-28)30(24)32(26(23)19-21)22-11-5-2-6-12-22/h1-19,31H. The van der Waals surface area contributed by atoms with E-state index in [-0.39, 0.29) is 0 Å². The van der Waals surface area contributed by atoms with E-state index in [4.69, 9.17) is 0 Å². The predicted octanol–water partition coefficient (Wildman–Crippen LogP) is 8.90. The fourth-order valence-electron chi connectivity index (χ4n) is 4.92. The Kier molecular flexibility index (Phi) is 4.05. The Labute approximate surface area is 195 Å². The maximum Gasteiger partial charge on any atom is 0.0634 e. The SMILES string of the molecule is c1ccc(Nc2ccc3c4ccc5sc6ccccc6c5c4n(-c4ccccc4)c3c2)cc1. The molecule has 0 radical (unpaired) electrons. The summed E-state index contributed by atoms with van der Waals surface area (Å²) in [5, 5.41) is 8.79. The van der Waals surface area contributed by atoms with Crippen molar-refractivity contribution in [1.82, 2.24) is 4.57 Å². The summed E-state index contributed by atoms with van der Waals surface area (Å²) in [4.78, 5) is 0. The lowest BCUT2D eigenvalue weighted by atomic mass is 10.1. The van der Waals surface area contributed by atoms with Crippen LogP contribution in [-0.4, -0.2) is 4.57 Å². The normalized spacial score (nSPS) is 11.6. The van der Waals surface area contributed by atoms with E-state index in [0.29, 0.717) is 0 Å². The van der Waals surface area contributed by atoms with E-state index < -0.39 is 0 Å². The minimum atomic E-state index is 1.08. The molecule has 0 saturated heterocycles. The third-order valence-corrected chi connectivity index (χ3v) is 7.48. The number of para-hydroxylation sites is 2. The third kappa shape index (κ3) is 2.86. The average Bonchev–Trinajstić information content (AvgIpc) is 3.40. The zero-order chi connectivity index (χ0) is 21.8. The molecule has 7 rings (SSSR count). The van der Waals surface area contributed by atoms with E-state index in [9.17, 15) is 0 Å². The first kappa shape index (κ1) is 18.5. The molecule has 2 nitrogen and oxygen atoms in total. The molecule has 0 unspecified atom stereocenters. The van der Waals surface area contributed by atoms with Gasteiger partial charge in [0.1, 0.15) is 0 Å². The van der Waals surface area contributed by atoms with Crippen LogP contribution in [0.4, 0.5) is 11.4 Å². The molecular formula is C30H20N2S. The molecule has 0 saturated carbocycles. The topological polar surface area (TPSA) is 17.0 Å². The van der Waals surface area contributed by atoms with Gasteiger partial charge in [0.15, 0.2) is 0 Å². The third-order valence-electron chi connectivity index (χ3n) is 6.35. The highest BCUT2D eigenvalue weighted by atomic mass is 32.1. The lowest BCUT2D eigenvalue weighted by Gasteiger charge is -2.10. The lowest BCUT2D eigenvalue weighted by Crippen LogP contribution is -1.95. The van der Waals surface area contributed by atoms with Gasteiger partial charge in [-0.25, -0.2) is 0 Å². The van der Waals surface area contributed by atoms with Crippen molar-refractivity contribution in [3.63, 3.8) is 0 Å². The number of nitrogens with one attached hydrogen (secondary N) is 1. The maximum absolute atomic E-state index is 3.57. The first-order chi connectivity index (χ1) is 16.4. The van der Waals surface area contributed by atoms with Crippen molar-refractivity contribution in [3.05, 3.63) is 115 Å². The van der Waals surface area contributed by atoms with Gasteiger partial charge in [-0.1, -0.05) is 66.7 Å². The van der Waals surface area contributed by atoms with E-state index >= 15 is 0 Å². The van der Waals surface area contributed by atoms with Crippen LogP contribution in [0.3, 0.4) is 0 Å². The molecule has 0 aliphatic carbocycles. The van der Waals surface area contributed by atoms with Crippen LogP contribution < -0.4 is 5.32 Å². The van der Waals surface area contributed by atoms with Crippen molar-refractivity contribution in [2.75, 3.05) is 5.32 Å². The summed E-state index contributed by atoms with van der Waals surface area (Å²) in [5.41, 5.74) is 5.84. The van der Waals surface area contributed by atoms with Crippen LogP contribution in [0.15, 0.2) is 115 Å². The van der Waals surface area contributed by atoms with Gasteiger partial charge in [-0.2, -0.15) is 0 Å². The molecule has 1 N–H and O–H groups in total. The number of thiophene rings is 1. The van der Waals surface area contributed by atoms with Crippen LogP contribution in [0.2, 0.25) is 0 Å². The summed E-state index contributed by atoms with van der Waals surface area (Å²) in [7, 11) is 0. The Morgan fingerprint density at radius 3 is 2.12 bits per heavy atom. The number of anilines is 2. The molecule has 156 valence electrons. The fraction of sp³-hybridized carbons (Fsp3) is 0. The van der Waals surface area contributed by atoms with Gasteiger partial charge in [0.2, 0.25) is 0 Å². The summed E-state index contributed by atoms with van der Waals surface area (Å²) < 4.78 is 5.09. The van der Waals surface area contributed by atoms with Crippen molar-refractivity contribution in [2.24, 2.45) is 0 Å².